The number of benzene rings is 4. The molecular formula is C28H30O3S. The topological polar surface area (TPSA) is 43.4 Å². The van der Waals surface area contributed by atoms with E-state index in [0.29, 0.717) is 9.79 Å². The number of hydrogen-bond acceptors (Lipinski definition) is 3. The van der Waals surface area contributed by atoms with Crippen molar-refractivity contribution in [1.82, 2.24) is 0 Å². The molecule has 0 saturated carbocycles. The fourth-order valence-electron chi connectivity index (χ4n) is 2.80. The van der Waals surface area contributed by atoms with Crippen molar-refractivity contribution >= 4 is 9.84 Å². The third kappa shape index (κ3) is 8.14. The van der Waals surface area contributed by atoms with E-state index in [4.69, 9.17) is 4.74 Å². The summed E-state index contributed by atoms with van der Waals surface area (Å²) in [5.74, 6) is 0. The highest BCUT2D eigenvalue weighted by Crippen LogP contribution is 2.19. The first-order valence-electron chi connectivity index (χ1n) is 10.6. The molecule has 0 aromatic heterocycles. The van der Waals surface area contributed by atoms with Crippen molar-refractivity contribution in [3.8, 4) is 11.1 Å². The third-order valence-electron chi connectivity index (χ3n) is 4.40. The van der Waals surface area contributed by atoms with Gasteiger partial charge < -0.3 is 4.74 Å². The minimum Gasteiger partial charge on any atom is -0.382 e. The van der Waals surface area contributed by atoms with E-state index in [1.807, 2.05) is 26.0 Å². The monoisotopic (exact) mass is 446 g/mol. The smallest absolute Gasteiger partial charge is 0.206 e. The molecule has 0 aliphatic heterocycles. The van der Waals surface area contributed by atoms with E-state index in [1.54, 1.807) is 60.7 Å². The fourth-order valence-corrected chi connectivity index (χ4v) is 4.10. The maximum absolute atomic E-state index is 12.0. The molecule has 32 heavy (non-hydrogen) atoms. The lowest BCUT2D eigenvalue weighted by atomic mass is 10.1. The lowest BCUT2D eigenvalue weighted by Gasteiger charge is -2.03. The van der Waals surface area contributed by atoms with Gasteiger partial charge in [0.05, 0.1) is 9.79 Å². The predicted molar refractivity (Wildman–Crippen MR) is 132 cm³/mol. The summed E-state index contributed by atoms with van der Waals surface area (Å²) in [6.07, 6.45) is 0. The van der Waals surface area contributed by atoms with Gasteiger partial charge in [-0.15, -0.1) is 0 Å². The number of ether oxygens (including phenoxy) is 1. The maximum atomic E-state index is 12.0. The molecule has 4 aromatic rings. The van der Waals surface area contributed by atoms with Gasteiger partial charge in [-0.05, 0) is 49.2 Å². The van der Waals surface area contributed by atoms with Gasteiger partial charge in [0.25, 0.3) is 0 Å². The summed E-state index contributed by atoms with van der Waals surface area (Å²) in [6.45, 7) is 5.67. The van der Waals surface area contributed by atoms with E-state index < -0.39 is 9.84 Å². The van der Waals surface area contributed by atoms with Crippen molar-refractivity contribution in [1.29, 1.82) is 0 Å². The number of rotatable bonds is 5. The summed E-state index contributed by atoms with van der Waals surface area (Å²) in [4.78, 5) is 0.660. The number of sulfone groups is 1. The summed E-state index contributed by atoms with van der Waals surface area (Å²) < 4.78 is 28.9. The largest absolute Gasteiger partial charge is 0.382 e. The van der Waals surface area contributed by atoms with Crippen molar-refractivity contribution in [3.05, 3.63) is 121 Å². The molecule has 0 spiro atoms. The van der Waals surface area contributed by atoms with Gasteiger partial charge in [0.2, 0.25) is 9.84 Å². The van der Waals surface area contributed by atoms with Gasteiger partial charge in [0, 0.05) is 13.2 Å². The highest BCUT2D eigenvalue weighted by molar-refractivity contribution is 7.91. The summed E-state index contributed by atoms with van der Waals surface area (Å²) in [5, 5.41) is 0. The van der Waals surface area contributed by atoms with E-state index in [-0.39, 0.29) is 0 Å². The zero-order valence-corrected chi connectivity index (χ0v) is 19.4. The van der Waals surface area contributed by atoms with E-state index in [0.717, 1.165) is 13.2 Å². The molecule has 0 fully saturated rings. The minimum absolute atomic E-state index is 0.330. The van der Waals surface area contributed by atoms with Crippen molar-refractivity contribution in [2.24, 2.45) is 0 Å². The Balaban J connectivity index is 0.000000191. The molecule has 0 aliphatic rings. The molecule has 166 valence electrons. The molecule has 3 nitrogen and oxygen atoms in total. The van der Waals surface area contributed by atoms with E-state index >= 15 is 0 Å². The molecule has 0 aliphatic carbocycles. The van der Waals surface area contributed by atoms with Crippen LogP contribution < -0.4 is 0 Å². The lowest BCUT2D eigenvalue weighted by Crippen LogP contribution is -2.00. The standard InChI is InChI=1S/C12H10O2S.C12H10.C4H10O/c13-15(14,11-7-3-1-4-8-11)12-9-5-2-6-10-12;1-3-7-11(8-4-1)12-9-5-2-6-10-12;1-3-5-4-2/h1-10H;1-10H;3-4H2,1-2H3. The minimum atomic E-state index is -3.34. The first-order chi connectivity index (χ1) is 15.6. The van der Waals surface area contributed by atoms with Crippen LogP contribution in [0.25, 0.3) is 11.1 Å². The lowest BCUT2D eigenvalue weighted by molar-refractivity contribution is 0.162. The molecule has 4 heteroatoms. The van der Waals surface area contributed by atoms with Crippen LogP contribution in [0.15, 0.2) is 131 Å². The van der Waals surface area contributed by atoms with Gasteiger partial charge in [-0.2, -0.15) is 0 Å². The fraction of sp³-hybridized carbons (Fsp3) is 0.143. The Kier molecular flexibility index (Phi) is 10.9. The van der Waals surface area contributed by atoms with E-state index in [1.165, 1.54) is 11.1 Å². The van der Waals surface area contributed by atoms with Crippen LogP contribution in [0.5, 0.6) is 0 Å². The molecule has 0 unspecified atom stereocenters. The van der Waals surface area contributed by atoms with Gasteiger partial charge in [-0.3, -0.25) is 0 Å². The Morgan fingerprint density at radius 3 is 1.03 bits per heavy atom. The van der Waals surface area contributed by atoms with Gasteiger partial charge in [-0.1, -0.05) is 97.1 Å². The molecule has 0 saturated heterocycles. The van der Waals surface area contributed by atoms with Gasteiger partial charge in [0.1, 0.15) is 0 Å². The summed E-state index contributed by atoms with van der Waals surface area (Å²) in [5.41, 5.74) is 2.55. The Labute approximate surface area is 192 Å². The Bertz CT molecular complexity index is 1010. The van der Waals surface area contributed by atoms with Crippen LogP contribution in [-0.2, 0) is 14.6 Å². The third-order valence-corrected chi connectivity index (χ3v) is 6.18. The molecule has 0 atom stereocenters. The predicted octanol–water partition coefficient (Wildman–Crippen LogP) is 6.92. The van der Waals surface area contributed by atoms with E-state index in [9.17, 15) is 8.42 Å². The van der Waals surface area contributed by atoms with Gasteiger partial charge in [0.15, 0.2) is 0 Å². The van der Waals surface area contributed by atoms with Crippen molar-refractivity contribution in [2.45, 2.75) is 23.6 Å². The van der Waals surface area contributed by atoms with Crippen LogP contribution in [0.3, 0.4) is 0 Å². The van der Waals surface area contributed by atoms with Crippen LogP contribution in [-0.4, -0.2) is 21.6 Å². The second-order valence-corrected chi connectivity index (χ2v) is 8.59. The van der Waals surface area contributed by atoms with Crippen LogP contribution in [0, 0.1) is 0 Å². The molecule has 0 N–H and O–H groups in total. The second-order valence-electron chi connectivity index (χ2n) is 6.64. The molecule has 0 bridgehead atoms. The van der Waals surface area contributed by atoms with Crippen LogP contribution >= 0.6 is 0 Å². The molecule has 0 amide bonds. The quantitative estimate of drug-likeness (QED) is 0.334. The second kappa shape index (κ2) is 14.0. The Morgan fingerprint density at radius 2 is 0.781 bits per heavy atom. The molecule has 4 aromatic carbocycles. The van der Waals surface area contributed by atoms with Crippen molar-refractivity contribution in [3.63, 3.8) is 0 Å². The summed E-state index contributed by atoms with van der Waals surface area (Å²) >= 11 is 0. The molecule has 0 heterocycles. The number of hydrogen-bond donors (Lipinski definition) is 0. The van der Waals surface area contributed by atoms with Crippen molar-refractivity contribution in [2.75, 3.05) is 13.2 Å². The Morgan fingerprint density at radius 1 is 0.500 bits per heavy atom. The Hall–Kier alpha value is -3.21. The molecule has 0 radical (unpaired) electrons. The van der Waals surface area contributed by atoms with Crippen LogP contribution in [0.1, 0.15) is 13.8 Å². The highest BCUT2D eigenvalue weighted by atomic mass is 32.2. The van der Waals surface area contributed by atoms with E-state index in [2.05, 4.69) is 48.5 Å². The van der Waals surface area contributed by atoms with Crippen molar-refractivity contribution < 1.29 is 13.2 Å². The summed E-state index contributed by atoms with van der Waals surface area (Å²) in [7, 11) is -3.34. The highest BCUT2D eigenvalue weighted by Gasteiger charge is 2.15. The van der Waals surface area contributed by atoms with Crippen LogP contribution in [0.2, 0.25) is 0 Å². The SMILES string of the molecule is CCOCC.O=S(=O)(c1ccccc1)c1ccccc1.c1ccc(-c2ccccc2)cc1. The summed E-state index contributed by atoms with van der Waals surface area (Å²) in [6, 6.07) is 37.6. The first kappa shape index (κ1) is 25.1. The average molecular weight is 447 g/mol. The molecule has 4 rings (SSSR count). The van der Waals surface area contributed by atoms with Gasteiger partial charge >= 0.3 is 0 Å². The average Bonchev–Trinajstić information content (AvgIpc) is 2.87. The molecular weight excluding hydrogens is 416 g/mol. The first-order valence-corrected chi connectivity index (χ1v) is 12.1. The van der Waals surface area contributed by atoms with Gasteiger partial charge in [-0.25, -0.2) is 8.42 Å². The zero-order valence-electron chi connectivity index (χ0n) is 18.6. The maximum Gasteiger partial charge on any atom is 0.206 e. The normalized spacial score (nSPS) is 10.2. The van der Waals surface area contributed by atoms with Crippen LogP contribution in [0.4, 0.5) is 0 Å². The zero-order chi connectivity index (χ0) is 23.1.